The molecule has 0 unspecified atom stereocenters. The average molecular weight is 392 g/mol. The van der Waals surface area contributed by atoms with Gasteiger partial charge in [-0.25, -0.2) is 4.39 Å². The molecule has 0 radical (unpaired) electrons. The van der Waals surface area contributed by atoms with E-state index in [1.165, 1.54) is 28.4 Å². The number of nitrogens with zero attached hydrogens (tertiary/aromatic N) is 1. The third-order valence-electron chi connectivity index (χ3n) is 4.59. The number of para-hydroxylation sites is 1. The van der Waals surface area contributed by atoms with Crippen molar-refractivity contribution < 1.29 is 14.0 Å². The molecule has 0 bridgehead atoms. The lowest BCUT2D eigenvalue weighted by molar-refractivity contribution is -0.137. The van der Waals surface area contributed by atoms with Gasteiger partial charge in [-0.1, -0.05) is 36.4 Å². The van der Waals surface area contributed by atoms with Crippen molar-refractivity contribution in [1.82, 2.24) is 4.90 Å². The van der Waals surface area contributed by atoms with Crippen LogP contribution in [0.3, 0.4) is 0 Å². The van der Waals surface area contributed by atoms with E-state index >= 15 is 0 Å². The Bertz CT molecular complexity index is 1070. The van der Waals surface area contributed by atoms with Gasteiger partial charge in [-0.15, -0.1) is 11.3 Å². The second-order valence-electron chi connectivity index (χ2n) is 6.49. The fraction of sp³-hybridized carbons (Fsp3) is 0.0909. The van der Waals surface area contributed by atoms with Gasteiger partial charge < -0.3 is 5.32 Å². The van der Waals surface area contributed by atoms with Gasteiger partial charge in [0, 0.05) is 10.6 Å². The summed E-state index contributed by atoms with van der Waals surface area (Å²) in [5, 5.41) is 5.04. The third-order valence-corrected chi connectivity index (χ3v) is 5.48. The molecule has 1 aromatic heterocycles. The first-order valence-corrected chi connectivity index (χ1v) is 9.64. The van der Waals surface area contributed by atoms with E-state index in [4.69, 9.17) is 0 Å². The maximum absolute atomic E-state index is 13.2. The van der Waals surface area contributed by atoms with E-state index in [1.54, 1.807) is 12.1 Å². The Kier molecular flexibility index (Phi) is 4.79. The van der Waals surface area contributed by atoms with E-state index in [1.807, 2.05) is 48.7 Å². The lowest BCUT2D eigenvalue weighted by Crippen LogP contribution is -2.32. The van der Waals surface area contributed by atoms with Crippen LogP contribution in [0.1, 0.15) is 16.0 Å². The molecule has 0 aliphatic carbocycles. The Labute approximate surface area is 165 Å². The van der Waals surface area contributed by atoms with Crippen LogP contribution in [0.15, 0.2) is 71.7 Å². The topological polar surface area (TPSA) is 49.4 Å². The minimum atomic E-state index is -0.388. The van der Waals surface area contributed by atoms with Crippen molar-refractivity contribution in [3.05, 3.63) is 93.6 Å². The SMILES string of the molecule is Cc1ccccc1NC1=C(c2cccs2)C(=O)N(Cc2ccc(F)cc2)C1=O. The van der Waals surface area contributed by atoms with Gasteiger partial charge in [0.05, 0.1) is 12.1 Å². The summed E-state index contributed by atoms with van der Waals surface area (Å²) in [7, 11) is 0. The summed E-state index contributed by atoms with van der Waals surface area (Å²) in [4.78, 5) is 28.2. The molecule has 3 aromatic rings. The van der Waals surface area contributed by atoms with E-state index in [2.05, 4.69) is 5.32 Å². The lowest BCUT2D eigenvalue weighted by Gasteiger charge is -2.15. The molecule has 140 valence electrons. The molecule has 1 N–H and O–H groups in total. The fourth-order valence-corrected chi connectivity index (χ4v) is 3.87. The molecule has 0 atom stereocenters. The standard InChI is InChI=1S/C22H17FN2O2S/c1-14-5-2-3-6-17(14)24-20-19(18-7-4-12-28-18)21(26)25(22(20)27)13-15-8-10-16(23)11-9-15/h2-12,24H,13H2,1H3. The van der Waals surface area contributed by atoms with Crippen molar-refractivity contribution in [1.29, 1.82) is 0 Å². The van der Waals surface area contributed by atoms with E-state index in [-0.39, 0.29) is 29.9 Å². The van der Waals surface area contributed by atoms with Gasteiger partial charge in [-0.3, -0.25) is 14.5 Å². The van der Waals surface area contributed by atoms with E-state index < -0.39 is 0 Å². The van der Waals surface area contributed by atoms with Crippen molar-refractivity contribution in [3.63, 3.8) is 0 Å². The van der Waals surface area contributed by atoms with Crippen LogP contribution in [0.2, 0.25) is 0 Å². The van der Waals surface area contributed by atoms with Crippen molar-refractivity contribution in [2.24, 2.45) is 0 Å². The number of rotatable bonds is 5. The number of thiophene rings is 1. The summed E-state index contributed by atoms with van der Waals surface area (Å²) in [6.45, 7) is 2.02. The minimum Gasteiger partial charge on any atom is -0.350 e. The molecule has 0 fully saturated rings. The molecular weight excluding hydrogens is 375 g/mol. The smallest absolute Gasteiger partial charge is 0.278 e. The summed E-state index contributed by atoms with van der Waals surface area (Å²) in [5.41, 5.74) is 3.06. The molecule has 2 heterocycles. The number of benzene rings is 2. The van der Waals surface area contributed by atoms with Gasteiger partial charge >= 0.3 is 0 Å². The summed E-state index contributed by atoms with van der Waals surface area (Å²) < 4.78 is 13.2. The highest BCUT2D eigenvalue weighted by Gasteiger charge is 2.39. The largest absolute Gasteiger partial charge is 0.350 e. The molecule has 1 aliphatic heterocycles. The molecular formula is C22H17FN2O2S. The number of anilines is 1. The highest BCUT2D eigenvalue weighted by Crippen LogP contribution is 2.34. The normalized spacial score (nSPS) is 14.1. The first-order chi connectivity index (χ1) is 13.5. The second kappa shape index (κ2) is 7.40. The Morgan fingerprint density at radius 3 is 2.39 bits per heavy atom. The lowest BCUT2D eigenvalue weighted by atomic mass is 10.1. The van der Waals surface area contributed by atoms with Crippen LogP contribution in [-0.4, -0.2) is 16.7 Å². The molecule has 28 heavy (non-hydrogen) atoms. The molecule has 2 aromatic carbocycles. The quantitative estimate of drug-likeness (QED) is 0.646. The minimum absolute atomic E-state index is 0.0891. The van der Waals surface area contributed by atoms with Gasteiger partial charge in [0.1, 0.15) is 11.5 Å². The Morgan fingerprint density at radius 1 is 0.964 bits per heavy atom. The first kappa shape index (κ1) is 18.1. The van der Waals surface area contributed by atoms with Gasteiger partial charge in [0.15, 0.2) is 0 Å². The second-order valence-corrected chi connectivity index (χ2v) is 7.44. The number of aryl methyl sites for hydroxylation is 1. The van der Waals surface area contributed by atoms with Crippen LogP contribution >= 0.6 is 11.3 Å². The van der Waals surface area contributed by atoms with Gasteiger partial charge in [-0.2, -0.15) is 0 Å². The molecule has 0 saturated carbocycles. The molecule has 0 spiro atoms. The number of imide groups is 1. The summed E-state index contributed by atoms with van der Waals surface area (Å²) >= 11 is 1.41. The number of nitrogens with one attached hydrogen (secondary N) is 1. The van der Waals surface area contributed by atoms with Crippen molar-refractivity contribution >= 4 is 34.4 Å². The fourth-order valence-electron chi connectivity index (χ4n) is 3.11. The zero-order valence-corrected chi connectivity index (χ0v) is 15.9. The van der Waals surface area contributed by atoms with Crippen LogP contribution in [-0.2, 0) is 16.1 Å². The third kappa shape index (κ3) is 3.34. The predicted molar refractivity (Wildman–Crippen MR) is 108 cm³/mol. The summed E-state index contributed by atoms with van der Waals surface area (Å²) in [5.74, 6) is -1.10. The Balaban J connectivity index is 1.71. The molecule has 2 amide bonds. The maximum atomic E-state index is 13.2. The van der Waals surface area contributed by atoms with Crippen LogP contribution in [0.25, 0.3) is 5.57 Å². The Morgan fingerprint density at radius 2 is 1.71 bits per heavy atom. The highest BCUT2D eigenvalue weighted by atomic mass is 32.1. The number of hydrogen-bond acceptors (Lipinski definition) is 4. The van der Waals surface area contributed by atoms with Crippen LogP contribution in [0.5, 0.6) is 0 Å². The molecule has 4 rings (SSSR count). The number of carbonyl (C=O) groups is 2. The zero-order chi connectivity index (χ0) is 19.7. The van der Waals surface area contributed by atoms with Crippen LogP contribution in [0.4, 0.5) is 10.1 Å². The molecule has 0 saturated heterocycles. The Hall–Kier alpha value is -3.25. The van der Waals surface area contributed by atoms with E-state index in [0.29, 0.717) is 11.1 Å². The number of carbonyl (C=O) groups excluding carboxylic acids is 2. The molecule has 6 heteroatoms. The number of hydrogen-bond donors (Lipinski definition) is 1. The van der Waals surface area contributed by atoms with Gasteiger partial charge in [0.2, 0.25) is 0 Å². The average Bonchev–Trinajstić information content (AvgIpc) is 3.28. The van der Waals surface area contributed by atoms with Gasteiger partial charge in [0.25, 0.3) is 11.8 Å². The van der Waals surface area contributed by atoms with Crippen molar-refractivity contribution in [2.75, 3.05) is 5.32 Å². The first-order valence-electron chi connectivity index (χ1n) is 8.76. The zero-order valence-electron chi connectivity index (χ0n) is 15.1. The monoisotopic (exact) mass is 392 g/mol. The highest BCUT2D eigenvalue weighted by molar-refractivity contribution is 7.11. The summed E-state index contributed by atoms with van der Waals surface area (Å²) in [6, 6.07) is 17.1. The molecule has 4 nitrogen and oxygen atoms in total. The van der Waals surface area contributed by atoms with Crippen molar-refractivity contribution in [2.45, 2.75) is 13.5 Å². The van der Waals surface area contributed by atoms with E-state index in [9.17, 15) is 14.0 Å². The van der Waals surface area contributed by atoms with Gasteiger partial charge in [-0.05, 0) is 47.7 Å². The molecule has 1 aliphatic rings. The van der Waals surface area contributed by atoms with Crippen LogP contribution in [0, 0.1) is 12.7 Å². The van der Waals surface area contributed by atoms with Crippen LogP contribution < -0.4 is 5.32 Å². The number of halogens is 1. The van der Waals surface area contributed by atoms with E-state index in [0.717, 1.165) is 16.1 Å². The number of amides is 2. The predicted octanol–water partition coefficient (Wildman–Crippen LogP) is 4.59. The van der Waals surface area contributed by atoms with Crippen molar-refractivity contribution in [3.8, 4) is 0 Å². The maximum Gasteiger partial charge on any atom is 0.278 e. The summed E-state index contributed by atoms with van der Waals surface area (Å²) in [6.07, 6.45) is 0.